The molecular formula is C11H7ClN4. The molecular weight excluding hydrogens is 224 g/mol. The van der Waals surface area contributed by atoms with E-state index in [1.165, 1.54) is 6.33 Å². The van der Waals surface area contributed by atoms with Crippen LogP contribution < -0.4 is 0 Å². The summed E-state index contributed by atoms with van der Waals surface area (Å²) in [6.07, 6.45) is 2.98. The quantitative estimate of drug-likeness (QED) is 0.742. The molecule has 78 valence electrons. The van der Waals surface area contributed by atoms with Crippen molar-refractivity contribution in [3.05, 3.63) is 53.3 Å². The van der Waals surface area contributed by atoms with E-state index in [-0.39, 0.29) is 0 Å². The molecule has 0 spiro atoms. The maximum Gasteiger partial charge on any atom is 0.132 e. The number of aromatic nitrogens is 3. The summed E-state index contributed by atoms with van der Waals surface area (Å²) in [7, 11) is 0. The van der Waals surface area contributed by atoms with Crippen molar-refractivity contribution >= 4 is 11.6 Å². The second-order valence-corrected chi connectivity index (χ2v) is 3.47. The van der Waals surface area contributed by atoms with Gasteiger partial charge in [0.1, 0.15) is 17.4 Å². The molecule has 2 aromatic rings. The van der Waals surface area contributed by atoms with Crippen molar-refractivity contribution in [3.63, 3.8) is 0 Å². The van der Waals surface area contributed by atoms with Crippen molar-refractivity contribution in [1.29, 1.82) is 5.26 Å². The van der Waals surface area contributed by atoms with Crippen LogP contribution >= 0.6 is 11.6 Å². The summed E-state index contributed by atoms with van der Waals surface area (Å²) in [5.74, 6) is -0.512. The van der Waals surface area contributed by atoms with Crippen LogP contribution in [0.5, 0.6) is 0 Å². The van der Waals surface area contributed by atoms with Gasteiger partial charge in [0.05, 0.1) is 17.5 Å². The second-order valence-electron chi connectivity index (χ2n) is 3.08. The molecule has 2 aromatic heterocycles. The number of hydrogen-bond acceptors (Lipinski definition) is 4. The smallest absolute Gasteiger partial charge is 0.132 e. The zero-order valence-electron chi connectivity index (χ0n) is 8.21. The summed E-state index contributed by atoms with van der Waals surface area (Å²) in [4.78, 5) is 11.9. The Morgan fingerprint density at radius 2 is 2.06 bits per heavy atom. The Labute approximate surface area is 97.6 Å². The van der Waals surface area contributed by atoms with E-state index in [1.54, 1.807) is 24.4 Å². The zero-order chi connectivity index (χ0) is 11.4. The van der Waals surface area contributed by atoms with Crippen molar-refractivity contribution in [2.45, 2.75) is 5.92 Å². The van der Waals surface area contributed by atoms with Crippen LogP contribution in [0.2, 0.25) is 5.15 Å². The van der Waals surface area contributed by atoms with Crippen molar-refractivity contribution in [2.24, 2.45) is 0 Å². The Morgan fingerprint density at radius 1 is 1.19 bits per heavy atom. The minimum Gasteiger partial charge on any atom is -0.259 e. The van der Waals surface area contributed by atoms with Crippen LogP contribution in [0.25, 0.3) is 0 Å². The van der Waals surface area contributed by atoms with Crippen LogP contribution in [-0.2, 0) is 0 Å². The lowest BCUT2D eigenvalue weighted by atomic mass is 10.0. The van der Waals surface area contributed by atoms with Gasteiger partial charge in [-0.2, -0.15) is 5.26 Å². The van der Waals surface area contributed by atoms with Gasteiger partial charge in [0.2, 0.25) is 0 Å². The second kappa shape index (κ2) is 4.69. The van der Waals surface area contributed by atoms with Gasteiger partial charge in [0.25, 0.3) is 0 Å². The molecule has 0 aliphatic rings. The molecule has 0 aliphatic carbocycles. The van der Waals surface area contributed by atoms with Gasteiger partial charge in [0, 0.05) is 6.20 Å². The molecule has 2 rings (SSSR count). The zero-order valence-corrected chi connectivity index (χ0v) is 8.96. The standard InChI is InChI=1S/C11H7ClN4/c12-11-5-10(15-7-16-11)8(6-13)9-3-1-2-4-14-9/h1-5,7-8H. The van der Waals surface area contributed by atoms with Crippen molar-refractivity contribution in [1.82, 2.24) is 15.0 Å². The highest BCUT2D eigenvalue weighted by atomic mass is 35.5. The van der Waals surface area contributed by atoms with E-state index in [4.69, 9.17) is 16.9 Å². The van der Waals surface area contributed by atoms with E-state index in [2.05, 4.69) is 21.0 Å². The molecule has 4 nitrogen and oxygen atoms in total. The van der Waals surface area contributed by atoms with E-state index in [0.717, 1.165) is 0 Å². The first-order valence-corrected chi connectivity index (χ1v) is 4.97. The fourth-order valence-electron chi connectivity index (χ4n) is 1.34. The Balaban J connectivity index is 2.42. The minimum absolute atomic E-state index is 0.321. The molecule has 5 heteroatoms. The predicted octanol–water partition coefficient (Wildman–Crippen LogP) is 2.18. The monoisotopic (exact) mass is 230 g/mol. The average molecular weight is 231 g/mol. The van der Waals surface area contributed by atoms with E-state index >= 15 is 0 Å². The largest absolute Gasteiger partial charge is 0.259 e. The van der Waals surface area contributed by atoms with Gasteiger partial charge in [-0.1, -0.05) is 17.7 Å². The number of rotatable bonds is 2. The Hall–Kier alpha value is -1.99. The topological polar surface area (TPSA) is 62.5 Å². The summed E-state index contributed by atoms with van der Waals surface area (Å²) < 4.78 is 0. The van der Waals surface area contributed by atoms with Crippen LogP contribution in [0.4, 0.5) is 0 Å². The molecule has 0 saturated carbocycles. The molecule has 2 heterocycles. The summed E-state index contributed by atoms with van der Waals surface area (Å²) in [6, 6.07) is 9.13. The Bertz CT molecular complexity index is 521. The van der Waals surface area contributed by atoms with E-state index < -0.39 is 5.92 Å². The first kappa shape index (κ1) is 10.5. The fourth-order valence-corrected chi connectivity index (χ4v) is 1.49. The summed E-state index contributed by atoms with van der Waals surface area (Å²) in [6.45, 7) is 0. The minimum atomic E-state index is -0.512. The lowest BCUT2D eigenvalue weighted by molar-refractivity contribution is 0.903. The fraction of sp³-hybridized carbons (Fsp3) is 0.0909. The molecule has 0 amide bonds. The average Bonchev–Trinajstić information content (AvgIpc) is 2.31. The van der Waals surface area contributed by atoms with Crippen LogP contribution in [0, 0.1) is 11.3 Å². The van der Waals surface area contributed by atoms with Gasteiger partial charge in [-0.3, -0.25) is 4.98 Å². The number of nitrogens with zero attached hydrogens (tertiary/aromatic N) is 4. The normalized spacial score (nSPS) is 11.8. The van der Waals surface area contributed by atoms with Crippen molar-refractivity contribution in [2.75, 3.05) is 0 Å². The highest BCUT2D eigenvalue weighted by Gasteiger charge is 2.16. The van der Waals surface area contributed by atoms with E-state index in [9.17, 15) is 0 Å². The maximum atomic E-state index is 9.13. The lowest BCUT2D eigenvalue weighted by Crippen LogP contribution is -2.03. The number of pyridine rings is 1. The molecule has 1 unspecified atom stereocenters. The Kier molecular flexibility index (Phi) is 3.08. The molecule has 0 radical (unpaired) electrons. The predicted molar refractivity (Wildman–Crippen MR) is 58.7 cm³/mol. The van der Waals surface area contributed by atoms with Crippen LogP contribution in [0.15, 0.2) is 36.8 Å². The van der Waals surface area contributed by atoms with Gasteiger partial charge in [-0.05, 0) is 18.2 Å². The third-order valence-electron chi connectivity index (χ3n) is 2.06. The maximum absolute atomic E-state index is 9.13. The summed E-state index contributed by atoms with van der Waals surface area (Å²) in [5.41, 5.74) is 1.21. The van der Waals surface area contributed by atoms with E-state index in [1.807, 2.05) is 6.07 Å². The molecule has 0 bridgehead atoms. The van der Waals surface area contributed by atoms with Gasteiger partial charge in [-0.15, -0.1) is 0 Å². The molecule has 0 saturated heterocycles. The number of hydrogen-bond donors (Lipinski definition) is 0. The molecule has 0 N–H and O–H groups in total. The van der Waals surface area contributed by atoms with E-state index in [0.29, 0.717) is 16.5 Å². The molecule has 0 aromatic carbocycles. The highest BCUT2D eigenvalue weighted by molar-refractivity contribution is 6.29. The van der Waals surface area contributed by atoms with Gasteiger partial charge >= 0.3 is 0 Å². The molecule has 16 heavy (non-hydrogen) atoms. The lowest BCUT2D eigenvalue weighted by Gasteiger charge is -2.07. The number of halogens is 1. The molecule has 0 fully saturated rings. The Morgan fingerprint density at radius 3 is 2.69 bits per heavy atom. The van der Waals surface area contributed by atoms with Crippen LogP contribution in [0.3, 0.4) is 0 Å². The van der Waals surface area contributed by atoms with Gasteiger partial charge < -0.3 is 0 Å². The van der Waals surface area contributed by atoms with Gasteiger partial charge in [0.15, 0.2) is 0 Å². The first-order chi connectivity index (χ1) is 7.81. The first-order valence-electron chi connectivity index (χ1n) is 4.59. The third kappa shape index (κ3) is 2.15. The third-order valence-corrected chi connectivity index (χ3v) is 2.27. The molecule has 1 atom stereocenters. The summed E-state index contributed by atoms with van der Waals surface area (Å²) in [5, 5.41) is 9.45. The molecule has 0 aliphatic heterocycles. The van der Waals surface area contributed by atoms with Crippen molar-refractivity contribution < 1.29 is 0 Å². The van der Waals surface area contributed by atoms with Crippen LogP contribution in [0.1, 0.15) is 17.3 Å². The summed E-state index contributed by atoms with van der Waals surface area (Å²) >= 11 is 5.75. The SMILES string of the molecule is N#CC(c1ccccn1)c1cc(Cl)ncn1. The number of nitriles is 1. The van der Waals surface area contributed by atoms with Crippen LogP contribution in [-0.4, -0.2) is 15.0 Å². The van der Waals surface area contributed by atoms with Gasteiger partial charge in [-0.25, -0.2) is 9.97 Å². The van der Waals surface area contributed by atoms with Crippen molar-refractivity contribution in [3.8, 4) is 6.07 Å². The highest BCUT2D eigenvalue weighted by Crippen LogP contribution is 2.21.